The summed E-state index contributed by atoms with van der Waals surface area (Å²) in [6.45, 7) is -1.34. The van der Waals surface area contributed by atoms with Crippen LogP contribution < -0.4 is 15.2 Å². The van der Waals surface area contributed by atoms with Crippen molar-refractivity contribution in [2.45, 2.75) is 12.0 Å². The maximum atomic E-state index is 13.4. The van der Waals surface area contributed by atoms with Gasteiger partial charge in [-0.1, -0.05) is 0 Å². The van der Waals surface area contributed by atoms with Gasteiger partial charge in [0.1, 0.15) is 24.1 Å². The number of halogens is 3. The minimum Gasteiger partial charge on any atom is -0.496 e. The van der Waals surface area contributed by atoms with Crippen molar-refractivity contribution in [1.82, 2.24) is 0 Å². The molecule has 3 N–H and O–H groups in total. The lowest BCUT2D eigenvalue weighted by Gasteiger charge is -2.24. The summed E-state index contributed by atoms with van der Waals surface area (Å²) >= 11 is 3.22. The number of aliphatic hydroxyl groups excluding tert-OH is 1. The molecule has 0 heterocycles. The van der Waals surface area contributed by atoms with E-state index in [1.165, 1.54) is 26.4 Å². The predicted molar refractivity (Wildman–Crippen MR) is 66.2 cm³/mol. The minimum atomic E-state index is -3.44. The van der Waals surface area contributed by atoms with Gasteiger partial charge in [0.15, 0.2) is 0 Å². The van der Waals surface area contributed by atoms with Crippen LogP contribution in [-0.2, 0) is 0 Å². The van der Waals surface area contributed by atoms with Crippen molar-refractivity contribution in [1.29, 1.82) is 0 Å². The van der Waals surface area contributed by atoms with Gasteiger partial charge in [-0.15, -0.1) is 0 Å². The Hall–Kier alpha value is -0.920. The number of benzene rings is 1. The molecule has 102 valence electrons. The number of hydrogen-bond acceptors (Lipinski definition) is 4. The molecule has 1 aromatic carbocycles. The molecular weight excluding hydrogens is 312 g/mol. The summed E-state index contributed by atoms with van der Waals surface area (Å²) in [5.41, 5.74) is 5.54. The first-order valence-corrected chi connectivity index (χ1v) is 5.82. The van der Waals surface area contributed by atoms with Gasteiger partial charge in [-0.25, -0.2) is 8.78 Å². The molecule has 1 aromatic rings. The Balaban J connectivity index is 3.29. The first kappa shape index (κ1) is 15.1. The van der Waals surface area contributed by atoms with Gasteiger partial charge in [0.2, 0.25) is 0 Å². The monoisotopic (exact) mass is 325 g/mol. The fourth-order valence-electron chi connectivity index (χ4n) is 1.45. The predicted octanol–water partition coefficient (Wildman–Crippen LogP) is 2.09. The van der Waals surface area contributed by atoms with E-state index in [0.717, 1.165) is 0 Å². The summed E-state index contributed by atoms with van der Waals surface area (Å²) in [7, 11) is 2.76. The molecule has 0 aliphatic carbocycles. The number of alkyl halides is 2. The lowest BCUT2D eigenvalue weighted by Crippen LogP contribution is -2.36. The number of aliphatic hydroxyl groups is 1. The summed E-state index contributed by atoms with van der Waals surface area (Å²) in [5, 5.41) is 8.66. The molecule has 1 rings (SSSR count). The fraction of sp³-hybridized carbons (Fsp3) is 0.455. The lowest BCUT2D eigenvalue weighted by molar-refractivity contribution is -0.0716. The highest BCUT2D eigenvalue weighted by Gasteiger charge is 2.39. The van der Waals surface area contributed by atoms with E-state index in [9.17, 15) is 8.78 Å². The van der Waals surface area contributed by atoms with Crippen LogP contribution >= 0.6 is 15.9 Å². The number of rotatable bonds is 5. The van der Waals surface area contributed by atoms with Crippen LogP contribution in [-0.4, -0.2) is 31.9 Å². The minimum absolute atomic E-state index is 0.0663. The van der Waals surface area contributed by atoms with Gasteiger partial charge in [0.05, 0.1) is 18.7 Å². The Morgan fingerprint density at radius 2 is 1.89 bits per heavy atom. The Morgan fingerprint density at radius 1 is 1.33 bits per heavy atom. The summed E-state index contributed by atoms with van der Waals surface area (Å²) in [6, 6.07) is 1.16. The first-order chi connectivity index (χ1) is 8.37. The Labute approximate surface area is 112 Å². The molecular formula is C11H14BrF2NO3. The van der Waals surface area contributed by atoms with Crippen LogP contribution in [0.25, 0.3) is 0 Å². The average molecular weight is 326 g/mol. The molecule has 0 spiro atoms. The van der Waals surface area contributed by atoms with Gasteiger partial charge >= 0.3 is 0 Å². The van der Waals surface area contributed by atoms with Gasteiger partial charge in [0.25, 0.3) is 5.92 Å². The van der Waals surface area contributed by atoms with E-state index in [1.807, 2.05) is 0 Å². The third kappa shape index (κ3) is 2.90. The summed E-state index contributed by atoms with van der Waals surface area (Å²) in [4.78, 5) is 0. The van der Waals surface area contributed by atoms with Crippen molar-refractivity contribution in [3.8, 4) is 11.5 Å². The van der Waals surface area contributed by atoms with E-state index < -0.39 is 18.6 Å². The third-order valence-electron chi connectivity index (χ3n) is 2.51. The number of ether oxygens (including phenoxy) is 2. The second-order valence-corrected chi connectivity index (χ2v) is 4.48. The molecule has 0 saturated carbocycles. The maximum Gasteiger partial charge on any atom is 0.289 e. The topological polar surface area (TPSA) is 64.7 Å². The Kier molecular flexibility index (Phi) is 4.89. The van der Waals surface area contributed by atoms with Gasteiger partial charge in [0, 0.05) is 5.56 Å². The normalized spacial score (nSPS) is 13.3. The van der Waals surface area contributed by atoms with E-state index in [2.05, 4.69) is 15.9 Å². The largest absolute Gasteiger partial charge is 0.496 e. The van der Waals surface area contributed by atoms with Crippen molar-refractivity contribution in [3.63, 3.8) is 0 Å². The molecule has 0 aromatic heterocycles. The average Bonchev–Trinajstić information content (AvgIpc) is 2.37. The van der Waals surface area contributed by atoms with E-state index >= 15 is 0 Å². The highest BCUT2D eigenvalue weighted by atomic mass is 79.9. The van der Waals surface area contributed by atoms with Gasteiger partial charge < -0.3 is 20.3 Å². The van der Waals surface area contributed by atoms with Crippen LogP contribution in [0.1, 0.15) is 11.6 Å². The van der Waals surface area contributed by atoms with E-state index in [4.69, 9.17) is 20.3 Å². The van der Waals surface area contributed by atoms with E-state index in [-0.39, 0.29) is 11.3 Å². The van der Waals surface area contributed by atoms with Gasteiger partial charge in [-0.3, -0.25) is 0 Å². The molecule has 0 bridgehead atoms. The standard InChI is InChI=1S/C11H14BrF2NO3/c1-17-8-4-7(12)9(18-2)3-6(8)10(15)11(13,14)5-16/h3-4,10,16H,5,15H2,1-2H3/t10-/m0/s1. The van der Waals surface area contributed by atoms with E-state index in [0.29, 0.717) is 10.2 Å². The third-order valence-corrected chi connectivity index (χ3v) is 3.12. The smallest absolute Gasteiger partial charge is 0.289 e. The molecule has 0 saturated heterocycles. The molecule has 0 amide bonds. The molecule has 0 unspecified atom stereocenters. The molecule has 7 heteroatoms. The second-order valence-electron chi connectivity index (χ2n) is 3.63. The molecule has 0 fully saturated rings. The molecule has 18 heavy (non-hydrogen) atoms. The summed E-state index contributed by atoms with van der Waals surface area (Å²) < 4.78 is 37.4. The van der Waals surface area contributed by atoms with Gasteiger partial charge in [-0.05, 0) is 28.1 Å². The zero-order valence-electron chi connectivity index (χ0n) is 9.91. The van der Waals surface area contributed by atoms with Crippen molar-refractivity contribution in [3.05, 3.63) is 22.2 Å². The molecule has 4 nitrogen and oxygen atoms in total. The van der Waals surface area contributed by atoms with Crippen LogP contribution in [0.4, 0.5) is 8.78 Å². The van der Waals surface area contributed by atoms with Crippen LogP contribution in [0.15, 0.2) is 16.6 Å². The zero-order valence-corrected chi connectivity index (χ0v) is 11.5. The highest BCUT2D eigenvalue weighted by Crippen LogP contribution is 2.39. The van der Waals surface area contributed by atoms with Gasteiger partial charge in [-0.2, -0.15) is 0 Å². The summed E-state index contributed by atoms with van der Waals surface area (Å²) in [6.07, 6.45) is 0. The molecule has 0 aliphatic rings. The van der Waals surface area contributed by atoms with Crippen molar-refractivity contribution in [2.24, 2.45) is 5.73 Å². The SMILES string of the molecule is COc1cc([C@H](N)C(F)(F)CO)c(OC)cc1Br. The van der Waals surface area contributed by atoms with Crippen molar-refractivity contribution < 1.29 is 23.4 Å². The second kappa shape index (κ2) is 5.81. The summed E-state index contributed by atoms with van der Waals surface area (Å²) in [5.74, 6) is -2.88. The van der Waals surface area contributed by atoms with Crippen LogP contribution in [0.5, 0.6) is 11.5 Å². The van der Waals surface area contributed by atoms with Crippen molar-refractivity contribution >= 4 is 15.9 Å². The number of methoxy groups -OCH3 is 2. The van der Waals surface area contributed by atoms with Crippen LogP contribution in [0, 0.1) is 0 Å². The van der Waals surface area contributed by atoms with E-state index in [1.54, 1.807) is 0 Å². The molecule has 1 atom stereocenters. The first-order valence-electron chi connectivity index (χ1n) is 5.03. The lowest BCUT2D eigenvalue weighted by atomic mass is 10.0. The Morgan fingerprint density at radius 3 is 2.33 bits per heavy atom. The molecule has 0 aliphatic heterocycles. The van der Waals surface area contributed by atoms with Crippen molar-refractivity contribution in [2.75, 3.05) is 20.8 Å². The highest BCUT2D eigenvalue weighted by molar-refractivity contribution is 9.10. The fourth-order valence-corrected chi connectivity index (χ4v) is 1.94. The zero-order chi connectivity index (χ0) is 13.9. The number of nitrogens with two attached hydrogens (primary N) is 1. The molecule has 0 radical (unpaired) electrons. The number of hydrogen-bond donors (Lipinski definition) is 2. The van der Waals surface area contributed by atoms with Crippen LogP contribution in [0.2, 0.25) is 0 Å². The van der Waals surface area contributed by atoms with Crippen LogP contribution in [0.3, 0.4) is 0 Å². The maximum absolute atomic E-state index is 13.4. The Bertz CT molecular complexity index is 429. The quantitative estimate of drug-likeness (QED) is 0.870.